The summed E-state index contributed by atoms with van der Waals surface area (Å²) in [6.07, 6.45) is 0.858. The van der Waals surface area contributed by atoms with E-state index < -0.39 is 48.2 Å². The zero-order valence-electron chi connectivity index (χ0n) is 23.9. The number of ether oxygens (including phenoxy) is 2. The summed E-state index contributed by atoms with van der Waals surface area (Å²) in [7, 11) is 1.54. The van der Waals surface area contributed by atoms with Crippen molar-refractivity contribution in [2.75, 3.05) is 20.3 Å². The second kappa shape index (κ2) is 13.8. The summed E-state index contributed by atoms with van der Waals surface area (Å²) in [4.78, 5) is 67.7. The third kappa shape index (κ3) is 7.54. The Morgan fingerprint density at radius 1 is 1.00 bits per heavy atom. The van der Waals surface area contributed by atoms with E-state index in [1.54, 1.807) is 55.6 Å². The number of hydrogen-bond donors (Lipinski definition) is 4. The predicted molar refractivity (Wildman–Crippen MR) is 155 cm³/mol. The van der Waals surface area contributed by atoms with Crippen molar-refractivity contribution in [2.24, 2.45) is 11.8 Å². The third-order valence-corrected chi connectivity index (χ3v) is 7.16. The van der Waals surface area contributed by atoms with Gasteiger partial charge in [-0.3, -0.25) is 19.2 Å². The number of ketones is 1. The van der Waals surface area contributed by atoms with Gasteiger partial charge in [0, 0.05) is 23.4 Å². The molecule has 0 radical (unpaired) electrons. The number of H-pyrrole nitrogens is 1. The quantitative estimate of drug-likeness (QED) is 0.228. The lowest BCUT2D eigenvalue weighted by molar-refractivity contribution is -0.131. The summed E-state index contributed by atoms with van der Waals surface area (Å²) in [6, 6.07) is 13.2. The molecule has 1 aliphatic rings. The maximum absolute atomic E-state index is 13.5. The molecule has 0 aliphatic carbocycles. The smallest absolute Gasteiger partial charge is 0.338 e. The maximum Gasteiger partial charge on any atom is 0.338 e. The minimum absolute atomic E-state index is 0.0328. The van der Waals surface area contributed by atoms with Crippen molar-refractivity contribution >= 4 is 40.4 Å². The first kappa shape index (κ1) is 30.3. The van der Waals surface area contributed by atoms with Crippen LogP contribution in [0.25, 0.3) is 10.9 Å². The molecule has 0 spiro atoms. The lowest BCUT2D eigenvalue weighted by Crippen LogP contribution is -2.53. The van der Waals surface area contributed by atoms with Crippen molar-refractivity contribution in [3.8, 4) is 5.75 Å². The number of rotatable bonds is 13. The van der Waals surface area contributed by atoms with Gasteiger partial charge in [0.2, 0.25) is 11.8 Å². The Balaban J connectivity index is 1.48. The number of fused-ring (bicyclic) bond motifs is 1. The van der Waals surface area contributed by atoms with E-state index in [2.05, 4.69) is 20.9 Å². The second-order valence-corrected chi connectivity index (χ2v) is 10.7. The van der Waals surface area contributed by atoms with Crippen LogP contribution in [0.4, 0.5) is 0 Å². The molecule has 11 heteroatoms. The first-order chi connectivity index (χ1) is 20.2. The number of Topliss-reactive ketones (excluding diaryl/α,β-unsaturated/α-hetero) is 1. The first-order valence-corrected chi connectivity index (χ1v) is 14.0. The predicted octanol–water partition coefficient (Wildman–Crippen LogP) is 2.76. The Morgan fingerprint density at radius 2 is 1.76 bits per heavy atom. The summed E-state index contributed by atoms with van der Waals surface area (Å²) >= 11 is 0. The average molecular weight is 577 g/mol. The van der Waals surface area contributed by atoms with Gasteiger partial charge in [0.1, 0.15) is 17.5 Å². The van der Waals surface area contributed by atoms with Gasteiger partial charge in [-0.2, -0.15) is 0 Å². The van der Waals surface area contributed by atoms with E-state index in [9.17, 15) is 24.0 Å². The van der Waals surface area contributed by atoms with E-state index in [0.717, 1.165) is 5.39 Å². The molecule has 11 nitrogen and oxygen atoms in total. The Hall–Kier alpha value is -4.67. The average Bonchev–Trinajstić information content (AvgIpc) is 3.61. The second-order valence-electron chi connectivity index (χ2n) is 10.7. The fourth-order valence-corrected chi connectivity index (χ4v) is 4.96. The highest BCUT2D eigenvalue weighted by molar-refractivity contribution is 6.02. The molecule has 3 unspecified atom stereocenters. The van der Waals surface area contributed by atoms with E-state index >= 15 is 0 Å². The van der Waals surface area contributed by atoms with Crippen LogP contribution < -0.4 is 20.7 Å². The minimum Gasteiger partial charge on any atom is -0.496 e. The molecule has 42 heavy (non-hydrogen) atoms. The van der Waals surface area contributed by atoms with Gasteiger partial charge in [0.15, 0.2) is 12.4 Å². The van der Waals surface area contributed by atoms with Crippen molar-refractivity contribution in [1.29, 1.82) is 0 Å². The summed E-state index contributed by atoms with van der Waals surface area (Å²) in [5, 5.41) is 8.97. The topological polar surface area (TPSA) is 156 Å². The number of amides is 3. The monoisotopic (exact) mass is 576 g/mol. The molecule has 2 aromatic carbocycles. The van der Waals surface area contributed by atoms with Crippen LogP contribution in [-0.4, -0.2) is 66.8 Å². The van der Waals surface area contributed by atoms with E-state index in [1.807, 2.05) is 19.9 Å². The highest BCUT2D eigenvalue weighted by atomic mass is 16.5. The number of carbonyl (C=O) groups excluding carboxylic acids is 5. The zero-order chi connectivity index (χ0) is 30.2. The van der Waals surface area contributed by atoms with Crippen LogP contribution in [0.15, 0.2) is 54.6 Å². The molecule has 4 rings (SSSR count). The largest absolute Gasteiger partial charge is 0.496 e. The lowest BCUT2D eigenvalue weighted by Gasteiger charge is -2.25. The molecule has 1 aromatic heterocycles. The van der Waals surface area contributed by atoms with Crippen LogP contribution in [-0.2, 0) is 19.1 Å². The van der Waals surface area contributed by atoms with Crippen molar-refractivity contribution < 1.29 is 33.4 Å². The maximum atomic E-state index is 13.5. The van der Waals surface area contributed by atoms with Crippen molar-refractivity contribution in [3.63, 3.8) is 0 Å². The van der Waals surface area contributed by atoms with Gasteiger partial charge >= 0.3 is 5.97 Å². The first-order valence-electron chi connectivity index (χ1n) is 14.0. The van der Waals surface area contributed by atoms with Crippen LogP contribution in [0.5, 0.6) is 5.75 Å². The fraction of sp³-hybridized carbons (Fsp3) is 0.387. The highest BCUT2D eigenvalue weighted by Gasteiger charge is 2.34. The number of aromatic amines is 1. The highest BCUT2D eigenvalue weighted by Crippen LogP contribution is 2.26. The summed E-state index contributed by atoms with van der Waals surface area (Å²) in [5.74, 6) is -2.35. The Labute approximate surface area is 243 Å². The molecule has 4 N–H and O–H groups in total. The van der Waals surface area contributed by atoms with E-state index in [1.165, 1.54) is 0 Å². The molecular formula is C31H36N4O7. The van der Waals surface area contributed by atoms with Gasteiger partial charge in [-0.05, 0) is 55.5 Å². The van der Waals surface area contributed by atoms with Gasteiger partial charge in [0.25, 0.3) is 5.91 Å². The standard InChI is InChI=1S/C31H36N4O7/c1-18(2)14-24(35-30(39)25-16-21-22(33-25)10-7-11-27(21)41-3)29(38)34-23(15-20-12-13-32-28(20)37)26(36)17-42-31(40)19-8-5-4-6-9-19/h4-11,16,18,20,23-24,33H,12-15,17H2,1-3H3,(H,32,37)(H,34,38)(H,35,39). The number of aromatic nitrogens is 1. The molecule has 0 saturated carbocycles. The third-order valence-electron chi connectivity index (χ3n) is 7.16. The Morgan fingerprint density at radius 3 is 2.43 bits per heavy atom. The molecular weight excluding hydrogens is 540 g/mol. The van der Waals surface area contributed by atoms with Crippen LogP contribution >= 0.6 is 0 Å². The molecule has 1 aliphatic heterocycles. The summed E-state index contributed by atoms with van der Waals surface area (Å²) in [5.41, 5.74) is 1.24. The molecule has 3 atom stereocenters. The van der Waals surface area contributed by atoms with Crippen molar-refractivity contribution in [2.45, 2.75) is 45.2 Å². The molecule has 2 heterocycles. The fourth-order valence-electron chi connectivity index (χ4n) is 4.96. The van der Waals surface area contributed by atoms with Gasteiger partial charge in [-0.15, -0.1) is 0 Å². The molecule has 3 aromatic rings. The van der Waals surface area contributed by atoms with Crippen LogP contribution in [0.2, 0.25) is 0 Å². The number of esters is 1. The number of nitrogens with one attached hydrogen (secondary N) is 4. The summed E-state index contributed by atoms with van der Waals surface area (Å²) in [6.45, 7) is 3.72. The van der Waals surface area contributed by atoms with Gasteiger partial charge in [-0.1, -0.05) is 38.1 Å². The number of methoxy groups -OCH3 is 1. The van der Waals surface area contributed by atoms with Crippen molar-refractivity contribution in [1.82, 2.24) is 20.9 Å². The SMILES string of the molecule is COc1cccc2[nH]c(C(=O)NC(CC(C)C)C(=O)NC(CC3CCNC3=O)C(=O)COC(=O)c3ccccc3)cc12. The van der Waals surface area contributed by atoms with E-state index in [4.69, 9.17) is 9.47 Å². The van der Waals surface area contributed by atoms with E-state index in [-0.39, 0.29) is 29.5 Å². The number of hydrogen-bond acceptors (Lipinski definition) is 7. The summed E-state index contributed by atoms with van der Waals surface area (Å²) < 4.78 is 10.6. The Bertz CT molecular complexity index is 1450. The van der Waals surface area contributed by atoms with Gasteiger partial charge in [0.05, 0.1) is 18.7 Å². The van der Waals surface area contributed by atoms with Crippen molar-refractivity contribution in [3.05, 3.63) is 65.9 Å². The normalized spacial score (nSPS) is 16.0. The Kier molecular flexibility index (Phi) is 9.95. The molecule has 3 amide bonds. The zero-order valence-corrected chi connectivity index (χ0v) is 23.9. The van der Waals surface area contributed by atoms with Crippen LogP contribution in [0.1, 0.15) is 54.0 Å². The van der Waals surface area contributed by atoms with Crippen LogP contribution in [0, 0.1) is 11.8 Å². The molecule has 0 bridgehead atoms. The van der Waals surface area contributed by atoms with Crippen LogP contribution in [0.3, 0.4) is 0 Å². The van der Waals surface area contributed by atoms with Gasteiger partial charge in [-0.25, -0.2) is 4.79 Å². The minimum atomic E-state index is -1.10. The van der Waals surface area contributed by atoms with E-state index in [0.29, 0.717) is 30.7 Å². The number of carbonyl (C=O) groups is 5. The molecule has 1 fully saturated rings. The lowest BCUT2D eigenvalue weighted by atomic mass is 9.95. The molecule has 222 valence electrons. The number of benzene rings is 2. The molecule has 1 saturated heterocycles. The van der Waals surface area contributed by atoms with Gasteiger partial charge < -0.3 is 30.4 Å².